The van der Waals surface area contributed by atoms with Crippen LogP contribution in [0.2, 0.25) is 5.02 Å². The predicted molar refractivity (Wildman–Crippen MR) is 147 cm³/mol. The fourth-order valence-corrected chi connectivity index (χ4v) is 5.10. The zero-order valence-electron chi connectivity index (χ0n) is 21.8. The lowest BCUT2D eigenvalue weighted by Gasteiger charge is -2.38. The maximum absolute atomic E-state index is 13.1. The number of ether oxygens (including phenoxy) is 3. The van der Waals surface area contributed by atoms with Gasteiger partial charge in [0.15, 0.2) is 11.5 Å². The third-order valence-electron chi connectivity index (χ3n) is 6.71. The maximum atomic E-state index is 13.1. The van der Waals surface area contributed by atoms with Gasteiger partial charge in [-0.3, -0.25) is 0 Å². The van der Waals surface area contributed by atoms with E-state index in [9.17, 15) is 4.79 Å². The van der Waals surface area contributed by atoms with Gasteiger partial charge in [0, 0.05) is 24.5 Å². The lowest BCUT2D eigenvalue weighted by Crippen LogP contribution is -2.46. The van der Waals surface area contributed by atoms with Crippen molar-refractivity contribution >= 4 is 23.3 Å². The van der Waals surface area contributed by atoms with Gasteiger partial charge < -0.3 is 30.2 Å². The van der Waals surface area contributed by atoms with Crippen molar-refractivity contribution in [3.63, 3.8) is 0 Å². The number of hydrogen-bond donors (Lipinski definition) is 2. The predicted octanol–water partition coefficient (Wildman–Crippen LogP) is 5.55. The van der Waals surface area contributed by atoms with E-state index < -0.39 is 0 Å². The molecule has 8 heteroatoms. The number of carbonyl (C=O) groups excluding carboxylic acids is 1. The molecule has 2 amide bonds. The molecule has 0 fully saturated rings. The standard InChI is InChI=1S/C29H34ClN3O4/c1-5-32-29(34)33-12-10-20-16-26(36-4)27(37-13-11-19-6-9-25(35-3)24(31)15-19)17-23(20)28(33)22-8-7-21(30)14-18(22)2/h6-9,14-17,28H,5,10-13,31H2,1-4H3,(H,32,34). The Morgan fingerprint density at radius 1 is 1.05 bits per heavy atom. The molecule has 3 aromatic carbocycles. The van der Waals surface area contributed by atoms with Gasteiger partial charge in [-0.1, -0.05) is 23.7 Å². The van der Waals surface area contributed by atoms with Crippen molar-refractivity contribution in [1.29, 1.82) is 0 Å². The summed E-state index contributed by atoms with van der Waals surface area (Å²) < 4.78 is 17.2. The number of fused-ring (bicyclic) bond motifs is 1. The van der Waals surface area contributed by atoms with E-state index in [1.807, 2.05) is 67.3 Å². The Bertz CT molecular complexity index is 1280. The van der Waals surface area contributed by atoms with Crippen LogP contribution in [-0.4, -0.2) is 44.8 Å². The number of carbonyl (C=O) groups is 1. The van der Waals surface area contributed by atoms with Crippen molar-refractivity contribution in [3.8, 4) is 17.2 Å². The van der Waals surface area contributed by atoms with E-state index in [4.69, 9.17) is 31.5 Å². The quantitative estimate of drug-likeness (QED) is 0.378. The molecule has 0 saturated heterocycles. The largest absolute Gasteiger partial charge is 0.495 e. The molecule has 3 aromatic rings. The van der Waals surface area contributed by atoms with Gasteiger partial charge in [-0.15, -0.1) is 0 Å². The minimum Gasteiger partial charge on any atom is -0.495 e. The van der Waals surface area contributed by atoms with Gasteiger partial charge in [0.1, 0.15) is 5.75 Å². The number of methoxy groups -OCH3 is 2. The number of hydrogen-bond acceptors (Lipinski definition) is 5. The summed E-state index contributed by atoms with van der Waals surface area (Å²) in [7, 11) is 3.24. The molecular weight excluding hydrogens is 490 g/mol. The molecule has 7 nitrogen and oxygen atoms in total. The molecule has 196 valence electrons. The Balaban J connectivity index is 1.67. The monoisotopic (exact) mass is 523 g/mol. The third kappa shape index (κ3) is 5.72. The smallest absolute Gasteiger partial charge is 0.318 e. The van der Waals surface area contributed by atoms with Gasteiger partial charge in [0.05, 0.1) is 32.6 Å². The van der Waals surface area contributed by atoms with Crippen molar-refractivity contribution < 1.29 is 19.0 Å². The highest BCUT2D eigenvalue weighted by Gasteiger charge is 2.34. The van der Waals surface area contributed by atoms with Crippen LogP contribution >= 0.6 is 11.6 Å². The van der Waals surface area contributed by atoms with E-state index in [0.29, 0.717) is 54.1 Å². The molecular formula is C29H34ClN3O4. The first-order valence-corrected chi connectivity index (χ1v) is 12.8. The van der Waals surface area contributed by atoms with E-state index in [0.717, 1.165) is 34.2 Å². The topological polar surface area (TPSA) is 86.1 Å². The van der Waals surface area contributed by atoms with Crippen molar-refractivity contribution in [3.05, 3.63) is 81.4 Å². The fourth-order valence-electron chi connectivity index (χ4n) is 4.87. The van der Waals surface area contributed by atoms with E-state index in [2.05, 4.69) is 5.32 Å². The van der Waals surface area contributed by atoms with Crippen LogP contribution in [0, 0.1) is 6.92 Å². The summed E-state index contributed by atoms with van der Waals surface area (Å²) in [4.78, 5) is 15.0. The van der Waals surface area contributed by atoms with Crippen LogP contribution in [0.1, 0.15) is 40.8 Å². The molecule has 0 aliphatic carbocycles. The molecule has 0 saturated carbocycles. The molecule has 0 radical (unpaired) electrons. The van der Waals surface area contributed by atoms with Crippen LogP contribution in [0.5, 0.6) is 17.2 Å². The summed E-state index contributed by atoms with van der Waals surface area (Å²) in [6.45, 7) is 5.53. The van der Waals surface area contributed by atoms with Crippen molar-refractivity contribution in [2.45, 2.75) is 32.7 Å². The molecule has 1 unspecified atom stereocenters. The average Bonchev–Trinajstić information content (AvgIpc) is 2.88. The highest BCUT2D eigenvalue weighted by Crippen LogP contribution is 2.42. The van der Waals surface area contributed by atoms with Gasteiger partial charge in [0.25, 0.3) is 0 Å². The third-order valence-corrected chi connectivity index (χ3v) is 6.95. The van der Waals surface area contributed by atoms with E-state index >= 15 is 0 Å². The number of anilines is 1. The molecule has 0 bridgehead atoms. The van der Waals surface area contributed by atoms with Crippen molar-refractivity contribution in [1.82, 2.24) is 10.2 Å². The summed E-state index contributed by atoms with van der Waals surface area (Å²) in [6, 6.07) is 15.2. The van der Waals surface area contributed by atoms with Crippen LogP contribution in [0.3, 0.4) is 0 Å². The molecule has 1 heterocycles. The first-order valence-electron chi connectivity index (χ1n) is 12.4. The lowest BCUT2D eigenvalue weighted by molar-refractivity contribution is 0.180. The summed E-state index contributed by atoms with van der Waals surface area (Å²) in [5, 5.41) is 3.63. The second kappa shape index (κ2) is 11.6. The summed E-state index contributed by atoms with van der Waals surface area (Å²) in [5.41, 5.74) is 11.9. The SMILES string of the molecule is CCNC(=O)N1CCc2cc(OC)c(OCCc3ccc(OC)c(N)c3)cc2C1c1ccc(Cl)cc1C. The van der Waals surface area contributed by atoms with Crippen LogP contribution in [0.25, 0.3) is 0 Å². The molecule has 3 N–H and O–H groups in total. The summed E-state index contributed by atoms with van der Waals surface area (Å²) in [6.07, 6.45) is 1.39. The van der Waals surface area contributed by atoms with Gasteiger partial charge in [-0.25, -0.2) is 4.79 Å². The zero-order valence-corrected chi connectivity index (χ0v) is 22.5. The Hall–Kier alpha value is -3.58. The number of halogens is 1. The van der Waals surface area contributed by atoms with Gasteiger partial charge in [-0.2, -0.15) is 0 Å². The fraction of sp³-hybridized carbons (Fsp3) is 0.345. The van der Waals surface area contributed by atoms with Gasteiger partial charge >= 0.3 is 6.03 Å². The normalized spacial score (nSPS) is 14.6. The number of amides is 2. The number of nitrogen functional groups attached to an aromatic ring is 1. The van der Waals surface area contributed by atoms with Crippen LogP contribution in [-0.2, 0) is 12.8 Å². The highest BCUT2D eigenvalue weighted by molar-refractivity contribution is 6.30. The number of nitrogens with one attached hydrogen (secondary N) is 1. The molecule has 0 aromatic heterocycles. The molecule has 1 atom stereocenters. The van der Waals surface area contributed by atoms with Crippen molar-refractivity contribution in [2.24, 2.45) is 0 Å². The molecule has 4 rings (SSSR count). The minimum atomic E-state index is -0.276. The van der Waals surface area contributed by atoms with Crippen LogP contribution in [0.4, 0.5) is 10.5 Å². The second-order valence-corrected chi connectivity index (χ2v) is 9.50. The Morgan fingerprint density at radius 3 is 2.51 bits per heavy atom. The molecule has 1 aliphatic rings. The van der Waals surface area contributed by atoms with Gasteiger partial charge in [-0.05, 0) is 84.5 Å². The lowest BCUT2D eigenvalue weighted by atomic mass is 9.86. The zero-order chi connectivity index (χ0) is 26.5. The van der Waals surface area contributed by atoms with Crippen LogP contribution in [0.15, 0.2) is 48.5 Å². The molecule has 1 aliphatic heterocycles. The first kappa shape index (κ1) is 26.5. The number of aryl methyl sites for hydroxylation is 1. The average molecular weight is 524 g/mol. The van der Waals surface area contributed by atoms with E-state index in [-0.39, 0.29) is 12.1 Å². The number of benzene rings is 3. The van der Waals surface area contributed by atoms with E-state index in [1.54, 1.807) is 14.2 Å². The minimum absolute atomic E-state index is 0.0946. The number of rotatable bonds is 8. The summed E-state index contributed by atoms with van der Waals surface area (Å²) >= 11 is 6.26. The molecule has 0 spiro atoms. The Labute approximate surface area is 223 Å². The Morgan fingerprint density at radius 2 is 1.84 bits per heavy atom. The number of nitrogens with two attached hydrogens (primary N) is 1. The number of urea groups is 1. The van der Waals surface area contributed by atoms with Crippen molar-refractivity contribution in [2.75, 3.05) is 39.6 Å². The maximum Gasteiger partial charge on any atom is 0.318 e. The second-order valence-electron chi connectivity index (χ2n) is 9.06. The van der Waals surface area contributed by atoms with E-state index in [1.165, 1.54) is 0 Å². The molecule has 37 heavy (non-hydrogen) atoms. The first-order chi connectivity index (χ1) is 17.9. The number of nitrogens with zero attached hydrogens (tertiary/aromatic N) is 1. The van der Waals surface area contributed by atoms with Gasteiger partial charge in [0.2, 0.25) is 0 Å². The highest BCUT2D eigenvalue weighted by atomic mass is 35.5. The van der Waals surface area contributed by atoms with Crippen LogP contribution < -0.4 is 25.3 Å². The summed E-state index contributed by atoms with van der Waals surface area (Å²) in [5.74, 6) is 1.96. The Kier molecular flexibility index (Phi) is 8.34.